The smallest absolute Gasteiger partial charge is 0.307 e. The summed E-state index contributed by atoms with van der Waals surface area (Å²) in [5.41, 5.74) is 0.918. The number of hydrogen-bond donors (Lipinski definition) is 1. The van der Waals surface area contributed by atoms with Crippen molar-refractivity contribution in [2.24, 2.45) is 5.92 Å². The number of aryl methyl sites for hydroxylation is 1. The van der Waals surface area contributed by atoms with Gasteiger partial charge in [-0.1, -0.05) is 25.2 Å². The maximum atomic E-state index is 12.1. The molecule has 1 aliphatic rings. The van der Waals surface area contributed by atoms with Gasteiger partial charge in [0.05, 0.1) is 13.2 Å². The zero-order chi connectivity index (χ0) is 16.8. The normalized spacial score (nSPS) is 17.4. The molecular weight excluding hydrogens is 314 g/mol. The number of carbonyl (C=O) groups excluding carboxylic acids is 1. The number of hydrogen-bond acceptors (Lipinski definition) is 5. The highest BCUT2D eigenvalue weighted by molar-refractivity contribution is 7.07. The van der Waals surface area contributed by atoms with Crippen LogP contribution in [-0.4, -0.2) is 54.3 Å². The van der Waals surface area contributed by atoms with E-state index in [1.807, 2.05) is 12.3 Å². The topological polar surface area (TPSA) is 63.6 Å². The van der Waals surface area contributed by atoms with Crippen LogP contribution >= 0.6 is 11.3 Å². The third-order valence-corrected chi connectivity index (χ3v) is 5.21. The van der Waals surface area contributed by atoms with E-state index >= 15 is 0 Å². The second-order valence-corrected chi connectivity index (χ2v) is 7.13. The molecule has 1 fully saturated rings. The van der Waals surface area contributed by atoms with Gasteiger partial charge in [-0.15, -0.1) is 0 Å². The largest absolute Gasteiger partial charge is 0.379 e. The van der Waals surface area contributed by atoms with Crippen LogP contribution in [0.2, 0.25) is 0 Å². The van der Waals surface area contributed by atoms with Crippen LogP contribution in [0.3, 0.4) is 0 Å². The lowest BCUT2D eigenvalue weighted by molar-refractivity contribution is -0.121. The zero-order valence-electron chi connectivity index (χ0n) is 14.2. The number of carbonyl (C=O) groups is 1. The molecule has 1 aromatic rings. The van der Waals surface area contributed by atoms with Crippen LogP contribution in [0.1, 0.15) is 26.0 Å². The van der Waals surface area contributed by atoms with Crippen LogP contribution in [0.25, 0.3) is 0 Å². The molecule has 1 atom stereocenters. The second-order valence-electron chi connectivity index (χ2n) is 6.31. The monoisotopic (exact) mass is 341 g/mol. The van der Waals surface area contributed by atoms with Crippen LogP contribution in [-0.2, 0) is 16.1 Å². The lowest BCUT2D eigenvalue weighted by Gasteiger charge is -2.36. The van der Waals surface area contributed by atoms with Gasteiger partial charge < -0.3 is 14.6 Å². The number of rotatable bonds is 7. The minimum atomic E-state index is 0.00131. The Morgan fingerprint density at radius 2 is 2.09 bits per heavy atom. The minimum absolute atomic E-state index is 0.00131. The highest BCUT2D eigenvalue weighted by Gasteiger charge is 2.24. The number of aromatic nitrogens is 1. The Hall–Kier alpha value is -1.18. The van der Waals surface area contributed by atoms with Gasteiger partial charge in [-0.3, -0.25) is 14.5 Å². The summed E-state index contributed by atoms with van der Waals surface area (Å²) >= 11 is 1.18. The first kappa shape index (κ1) is 18.2. The summed E-state index contributed by atoms with van der Waals surface area (Å²) in [4.78, 5) is 26.1. The molecule has 1 saturated heterocycles. The van der Waals surface area contributed by atoms with Gasteiger partial charge in [0.15, 0.2) is 0 Å². The van der Waals surface area contributed by atoms with Gasteiger partial charge in [0, 0.05) is 49.7 Å². The summed E-state index contributed by atoms with van der Waals surface area (Å²) in [6, 6.07) is 0.327. The maximum absolute atomic E-state index is 12.1. The second kappa shape index (κ2) is 8.61. The summed E-state index contributed by atoms with van der Waals surface area (Å²) in [5.74, 6) is 0.469. The van der Waals surface area contributed by atoms with Crippen molar-refractivity contribution in [3.8, 4) is 0 Å². The van der Waals surface area contributed by atoms with Crippen molar-refractivity contribution in [2.45, 2.75) is 39.8 Å². The Morgan fingerprint density at radius 3 is 2.65 bits per heavy atom. The summed E-state index contributed by atoms with van der Waals surface area (Å²) in [5, 5.41) is 4.86. The molecule has 23 heavy (non-hydrogen) atoms. The van der Waals surface area contributed by atoms with Gasteiger partial charge in [-0.05, 0) is 12.8 Å². The Balaban J connectivity index is 1.80. The first-order chi connectivity index (χ1) is 11.0. The molecule has 1 aliphatic heterocycles. The van der Waals surface area contributed by atoms with E-state index in [0.29, 0.717) is 31.5 Å². The lowest BCUT2D eigenvalue weighted by atomic mass is 10.0. The summed E-state index contributed by atoms with van der Waals surface area (Å²) in [6.45, 7) is 10.7. The van der Waals surface area contributed by atoms with Crippen molar-refractivity contribution < 1.29 is 9.53 Å². The van der Waals surface area contributed by atoms with E-state index in [0.717, 1.165) is 32.0 Å². The van der Waals surface area contributed by atoms with Gasteiger partial charge in [-0.25, -0.2) is 0 Å². The first-order valence-corrected chi connectivity index (χ1v) is 9.10. The fraction of sp³-hybridized carbons (Fsp3) is 0.750. The van der Waals surface area contributed by atoms with E-state index in [-0.39, 0.29) is 10.8 Å². The number of thiazole rings is 1. The Labute approximate surface area is 141 Å². The minimum Gasteiger partial charge on any atom is -0.379 e. The van der Waals surface area contributed by atoms with Crippen LogP contribution in [0, 0.1) is 12.8 Å². The van der Waals surface area contributed by atoms with Crippen molar-refractivity contribution in [1.82, 2.24) is 14.8 Å². The molecule has 0 aliphatic carbocycles. The zero-order valence-corrected chi connectivity index (χ0v) is 15.0. The van der Waals surface area contributed by atoms with Crippen molar-refractivity contribution >= 4 is 17.2 Å². The molecule has 0 unspecified atom stereocenters. The van der Waals surface area contributed by atoms with E-state index in [1.54, 1.807) is 4.57 Å². The summed E-state index contributed by atoms with van der Waals surface area (Å²) in [6.07, 6.45) is 0.339. The maximum Gasteiger partial charge on any atom is 0.307 e. The SMILES string of the molecule is Cc1csc(=O)n1CCC(=O)NC[C@@H](C(C)C)N1CCOCC1. The molecule has 6 nitrogen and oxygen atoms in total. The van der Waals surface area contributed by atoms with Crippen molar-refractivity contribution in [3.63, 3.8) is 0 Å². The Bertz CT molecular complexity index is 561. The number of nitrogens with one attached hydrogen (secondary N) is 1. The number of amides is 1. The van der Waals surface area contributed by atoms with Crippen molar-refractivity contribution in [3.05, 3.63) is 20.7 Å². The van der Waals surface area contributed by atoms with Gasteiger partial charge >= 0.3 is 4.87 Å². The highest BCUT2D eigenvalue weighted by Crippen LogP contribution is 2.12. The molecule has 0 saturated carbocycles. The quantitative estimate of drug-likeness (QED) is 0.806. The Kier molecular flexibility index (Phi) is 6.80. The molecule has 1 amide bonds. The third kappa shape index (κ3) is 5.16. The average Bonchev–Trinajstić information content (AvgIpc) is 2.85. The molecule has 0 radical (unpaired) electrons. The molecule has 2 heterocycles. The van der Waals surface area contributed by atoms with Crippen LogP contribution in [0.5, 0.6) is 0 Å². The third-order valence-electron chi connectivity index (χ3n) is 4.33. The van der Waals surface area contributed by atoms with Crippen LogP contribution < -0.4 is 10.2 Å². The lowest BCUT2D eigenvalue weighted by Crippen LogP contribution is -2.51. The number of nitrogens with zero attached hydrogens (tertiary/aromatic N) is 2. The summed E-state index contributed by atoms with van der Waals surface area (Å²) < 4.78 is 7.06. The molecule has 1 aromatic heterocycles. The van der Waals surface area contributed by atoms with E-state index < -0.39 is 0 Å². The Morgan fingerprint density at radius 1 is 1.39 bits per heavy atom. The van der Waals surface area contributed by atoms with Gasteiger partial charge in [0.1, 0.15) is 0 Å². The summed E-state index contributed by atoms with van der Waals surface area (Å²) in [7, 11) is 0. The van der Waals surface area contributed by atoms with Gasteiger partial charge in [0.25, 0.3) is 0 Å². The van der Waals surface area contributed by atoms with E-state index in [4.69, 9.17) is 4.74 Å². The molecule has 2 rings (SSSR count). The number of morpholine rings is 1. The predicted octanol–water partition coefficient (Wildman–Crippen LogP) is 1.08. The molecule has 0 spiro atoms. The predicted molar refractivity (Wildman–Crippen MR) is 92.0 cm³/mol. The molecular formula is C16H27N3O3S. The standard InChI is InChI=1S/C16H27N3O3S/c1-12(2)14(18-6-8-22-9-7-18)10-17-15(20)4-5-19-13(3)11-23-16(19)21/h11-12,14H,4-10H2,1-3H3,(H,17,20)/t14-/m0/s1. The first-order valence-electron chi connectivity index (χ1n) is 8.22. The molecule has 7 heteroatoms. The molecule has 1 N–H and O–H groups in total. The number of ether oxygens (including phenoxy) is 1. The van der Waals surface area contributed by atoms with E-state index in [9.17, 15) is 9.59 Å². The van der Waals surface area contributed by atoms with Crippen LogP contribution in [0.4, 0.5) is 0 Å². The van der Waals surface area contributed by atoms with Crippen molar-refractivity contribution in [2.75, 3.05) is 32.8 Å². The van der Waals surface area contributed by atoms with Crippen LogP contribution in [0.15, 0.2) is 10.2 Å². The fourth-order valence-corrected chi connectivity index (χ4v) is 3.65. The van der Waals surface area contributed by atoms with Gasteiger partial charge in [0.2, 0.25) is 5.91 Å². The highest BCUT2D eigenvalue weighted by atomic mass is 32.1. The van der Waals surface area contributed by atoms with E-state index in [1.165, 1.54) is 11.3 Å². The fourth-order valence-electron chi connectivity index (χ4n) is 2.89. The van der Waals surface area contributed by atoms with Crippen molar-refractivity contribution in [1.29, 1.82) is 0 Å². The molecule has 130 valence electrons. The molecule has 0 aromatic carbocycles. The van der Waals surface area contributed by atoms with Gasteiger partial charge in [-0.2, -0.15) is 0 Å². The molecule has 0 bridgehead atoms. The van der Waals surface area contributed by atoms with E-state index in [2.05, 4.69) is 24.1 Å². The average molecular weight is 341 g/mol.